The molecular formula is C12H17N3S. The summed E-state index contributed by atoms with van der Waals surface area (Å²) in [4.78, 5) is 5.65. The van der Waals surface area contributed by atoms with E-state index >= 15 is 0 Å². The summed E-state index contributed by atoms with van der Waals surface area (Å²) in [5.74, 6) is 1.51. The van der Waals surface area contributed by atoms with Crippen LogP contribution in [0.25, 0.3) is 4.96 Å². The van der Waals surface area contributed by atoms with Gasteiger partial charge in [0.25, 0.3) is 0 Å². The lowest BCUT2D eigenvalue weighted by atomic mass is 9.94. The minimum Gasteiger partial charge on any atom is -0.327 e. The van der Waals surface area contributed by atoms with Crippen molar-refractivity contribution >= 4 is 16.3 Å². The highest BCUT2D eigenvalue weighted by Gasteiger charge is 2.31. The van der Waals surface area contributed by atoms with Crippen LogP contribution >= 0.6 is 11.3 Å². The van der Waals surface area contributed by atoms with Gasteiger partial charge < -0.3 is 5.73 Å². The average Bonchev–Trinajstić information content (AvgIpc) is 2.90. The Morgan fingerprint density at radius 2 is 2.44 bits per heavy atom. The molecule has 0 radical (unpaired) electrons. The van der Waals surface area contributed by atoms with Crippen LogP contribution in [0.3, 0.4) is 0 Å². The molecule has 2 aromatic rings. The highest BCUT2D eigenvalue weighted by Crippen LogP contribution is 2.38. The van der Waals surface area contributed by atoms with Gasteiger partial charge in [-0.1, -0.05) is 6.92 Å². The molecule has 0 aliphatic heterocycles. The molecule has 0 saturated heterocycles. The van der Waals surface area contributed by atoms with E-state index in [0.717, 1.165) is 23.0 Å². The van der Waals surface area contributed by atoms with Gasteiger partial charge >= 0.3 is 0 Å². The molecule has 3 nitrogen and oxygen atoms in total. The fourth-order valence-electron chi connectivity index (χ4n) is 2.27. The Hall–Kier alpha value is -0.870. The van der Waals surface area contributed by atoms with Gasteiger partial charge in [0.15, 0.2) is 4.96 Å². The van der Waals surface area contributed by atoms with Crippen molar-refractivity contribution in [3.8, 4) is 0 Å². The maximum atomic E-state index is 6.23. The normalized spacial score (nSPS) is 20.1. The van der Waals surface area contributed by atoms with Crippen LogP contribution in [0, 0.1) is 11.8 Å². The fraction of sp³-hybridized carbons (Fsp3) is 0.583. The van der Waals surface area contributed by atoms with Crippen molar-refractivity contribution in [2.24, 2.45) is 17.6 Å². The van der Waals surface area contributed by atoms with Gasteiger partial charge in [-0.25, -0.2) is 4.98 Å². The van der Waals surface area contributed by atoms with Crippen LogP contribution in [0.2, 0.25) is 0 Å². The van der Waals surface area contributed by atoms with Crippen molar-refractivity contribution in [2.45, 2.75) is 32.2 Å². The van der Waals surface area contributed by atoms with Gasteiger partial charge in [0, 0.05) is 30.2 Å². The summed E-state index contributed by atoms with van der Waals surface area (Å²) in [5.41, 5.74) is 7.37. The van der Waals surface area contributed by atoms with Crippen molar-refractivity contribution < 1.29 is 0 Å². The van der Waals surface area contributed by atoms with E-state index in [0.29, 0.717) is 5.92 Å². The molecule has 86 valence electrons. The molecule has 2 heterocycles. The van der Waals surface area contributed by atoms with Crippen LogP contribution in [0.4, 0.5) is 0 Å². The van der Waals surface area contributed by atoms with E-state index in [1.807, 2.05) is 6.20 Å². The topological polar surface area (TPSA) is 43.3 Å². The van der Waals surface area contributed by atoms with Gasteiger partial charge in [-0.3, -0.25) is 4.40 Å². The second-order valence-electron chi connectivity index (χ2n) is 4.89. The molecule has 2 unspecified atom stereocenters. The third-order valence-corrected chi connectivity index (χ3v) is 4.40. The van der Waals surface area contributed by atoms with E-state index in [4.69, 9.17) is 5.73 Å². The van der Waals surface area contributed by atoms with Gasteiger partial charge in [0.1, 0.15) is 0 Å². The van der Waals surface area contributed by atoms with E-state index in [-0.39, 0.29) is 6.04 Å². The molecule has 1 aliphatic carbocycles. The first-order valence-corrected chi connectivity index (χ1v) is 6.78. The van der Waals surface area contributed by atoms with Crippen LogP contribution in [-0.2, 0) is 6.42 Å². The van der Waals surface area contributed by atoms with E-state index < -0.39 is 0 Å². The lowest BCUT2D eigenvalue weighted by Gasteiger charge is -2.18. The summed E-state index contributed by atoms with van der Waals surface area (Å²) in [6, 6.07) is 0.261. The van der Waals surface area contributed by atoms with Crippen molar-refractivity contribution in [2.75, 3.05) is 0 Å². The number of rotatable bonds is 4. The van der Waals surface area contributed by atoms with Crippen molar-refractivity contribution in [1.29, 1.82) is 0 Å². The molecule has 16 heavy (non-hydrogen) atoms. The average molecular weight is 235 g/mol. The third kappa shape index (κ3) is 1.87. The number of nitrogens with two attached hydrogens (primary N) is 1. The van der Waals surface area contributed by atoms with Crippen LogP contribution in [0.15, 0.2) is 17.8 Å². The maximum absolute atomic E-state index is 6.23. The minimum absolute atomic E-state index is 0.261. The molecule has 2 N–H and O–H groups in total. The number of thiazole rings is 1. The molecule has 4 heteroatoms. The zero-order chi connectivity index (χ0) is 11.1. The predicted molar refractivity (Wildman–Crippen MR) is 66.6 cm³/mol. The maximum Gasteiger partial charge on any atom is 0.193 e. The Kier molecular flexibility index (Phi) is 2.48. The molecule has 1 saturated carbocycles. The Labute approximate surface area is 99.3 Å². The Bertz CT molecular complexity index is 455. The lowest BCUT2D eigenvalue weighted by molar-refractivity contribution is 0.402. The lowest BCUT2D eigenvalue weighted by Crippen LogP contribution is -2.31. The van der Waals surface area contributed by atoms with Gasteiger partial charge in [-0.2, -0.15) is 0 Å². The number of hydrogen-bond acceptors (Lipinski definition) is 3. The molecule has 2 aromatic heterocycles. The predicted octanol–water partition coefficient (Wildman–Crippen LogP) is 2.31. The number of nitrogens with zero attached hydrogens (tertiary/aromatic N) is 2. The molecule has 1 aliphatic rings. The summed E-state index contributed by atoms with van der Waals surface area (Å²) in [7, 11) is 0. The smallest absolute Gasteiger partial charge is 0.193 e. The van der Waals surface area contributed by atoms with E-state index in [9.17, 15) is 0 Å². The summed E-state index contributed by atoms with van der Waals surface area (Å²) in [5, 5.41) is 2.05. The van der Waals surface area contributed by atoms with Crippen LogP contribution in [0.5, 0.6) is 0 Å². The molecule has 3 rings (SSSR count). The van der Waals surface area contributed by atoms with E-state index in [1.165, 1.54) is 12.8 Å². The van der Waals surface area contributed by atoms with Crippen LogP contribution in [-0.4, -0.2) is 15.4 Å². The number of fused-ring (bicyclic) bond motifs is 1. The summed E-state index contributed by atoms with van der Waals surface area (Å²) in [6.45, 7) is 2.28. The highest BCUT2D eigenvalue weighted by molar-refractivity contribution is 7.15. The van der Waals surface area contributed by atoms with Gasteiger partial charge in [-0.05, 0) is 24.7 Å². The minimum atomic E-state index is 0.261. The molecule has 0 amide bonds. The second-order valence-corrected chi connectivity index (χ2v) is 5.76. The standard InChI is InChI=1S/C12H17N3S/c1-8(9-2-3-9)11(13)6-10-7-15-4-5-16-12(15)14-10/h4-5,7-9,11H,2-3,6,13H2,1H3. The molecule has 0 aromatic carbocycles. The molecule has 1 fully saturated rings. The summed E-state index contributed by atoms with van der Waals surface area (Å²) >= 11 is 1.67. The van der Waals surface area contributed by atoms with Gasteiger partial charge in [-0.15, -0.1) is 11.3 Å². The van der Waals surface area contributed by atoms with E-state index in [1.54, 1.807) is 11.3 Å². The molecular weight excluding hydrogens is 218 g/mol. The van der Waals surface area contributed by atoms with Gasteiger partial charge in [0.05, 0.1) is 5.69 Å². The van der Waals surface area contributed by atoms with Crippen molar-refractivity contribution in [1.82, 2.24) is 9.38 Å². The largest absolute Gasteiger partial charge is 0.327 e. The quantitative estimate of drug-likeness (QED) is 0.883. The Morgan fingerprint density at radius 3 is 3.12 bits per heavy atom. The summed E-state index contributed by atoms with van der Waals surface area (Å²) in [6.07, 6.45) is 7.80. The number of hydrogen-bond donors (Lipinski definition) is 1. The Balaban J connectivity index is 1.71. The molecule has 0 spiro atoms. The second kappa shape index (κ2) is 3.86. The molecule has 2 atom stereocenters. The van der Waals surface area contributed by atoms with E-state index in [2.05, 4.69) is 27.9 Å². The fourth-order valence-corrected chi connectivity index (χ4v) is 2.99. The third-order valence-electron chi connectivity index (χ3n) is 3.63. The first-order chi connectivity index (χ1) is 7.74. The number of aromatic nitrogens is 2. The van der Waals surface area contributed by atoms with Crippen molar-refractivity contribution in [3.63, 3.8) is 0 Å². The van der Waals surface area contributed by atoms with Crippen LogP contribution < -0.4 is 5.73 Å². The zero-order valence-electron chi connectivity index (χ0n) is 9.47. The number of imidazole rings is 1. The molecule has 0 bridgehead atoms. The first kappa shape index (κ1) is 10.3. The highest BCUT2D eigenvalue weighted by atomic mass is 32.1. The van der Waals surface area contributed by atoms with Crippen molar-refractivity contribution in [3.05, 3.63) is 23.5 Å². The van der Waals surface area contributed by atoms with Crippen LogP contribution in [0.1, 0.15) is 25.5 Å². The first-order valence-electron chi connectivity index (χ1n) is 5.90. The SMILES string of the molecule is CC(C(N)Cc1cn2ccsc2n1)C1CC1. The monoisotopic (exact) mass is 235 g/mol. The van der Waals surface area contributed by atoms with Gasteiger partial charge in [0.2, 0.25) is 0 Å². The summed E-state index contributed by atoms with van der Waals surface area (Å²) < 4.78 is 2.08. The zero-order valence-corrected chi connectivity index (χ0v) is 10.3. The Morgan fingerprint density at radius 1 is 1.62 bits per heavy atom.